The summed E-state index contributed by atoms with van der Waals surface area (Å²) in [5, 5.41) is 22.3. The minimum absolute atomic E-state index is 0.387. The van der Waals surface area contributed by atoms with E-state index in [1.54, 1.807) is 32.2 Å². The minimum Gasteiger partial charge on any atom is -0.388 e. The predicted molar refractivity (Wildman–Crippen MR) is 71.8 cm³/mol. The second-order valence-corrected chi connectivity index (χ2v) is 4.81. The molecule has 1 rings (SSSR count). The molecule has 0 aliphatic carbocycles. The van der Waals surface area contributed by atoms with Crippen LogP contribution in [-0.4, -0.2) is 31.0 Å². The molecule has 2 N–H and O–H groups in total. The summed E-state index contributed by atoms with van der Waals surface area (Å²) in [6.45, 7) is 2.63. The average Bonchev–Trinajstić information content (AvgIpc) is 2.34. The van der Waals surface area contributed by atoms with Crippen molar-refractivity contribution in [3.8, 4) is 6.07 Å². The third kappa shape index (κ3) is 4.53. The van der Waals surface area contributed by atoms with Gasteiger partial charge in [-0.05, 0) is 25.1 Å². The van der Waals surface area contributed by atoms with E-state index in [-0.39, 0.29) is 0 Å². The molecule has 1 aromatic rings. The Morgan fingerprint density at radius 1 is 1.56 bits per heavy atom. The van der Waals surface area contributed by atoms with Gasteiger partial charge in [-0.2, -0.15) is 5.26 Å². The van der Waals surface area contributed by atoms with Gasteiger partial charge in [0.25, 0.3) is 0 Å². The summed E-state index contributed by atoms with van der Waals surface area (Å²) < 4.78 is 4.93. The molecule has 0 bridgehead atoms. The summed E-state index contributed by atoms with van der Waals surface area (Å²) in [4.78, 5) is 0. The van der Waals surface area contributed by atoms with Crippen LogP contribution < -0.4 is 5.32 Å². The van der Waals surface area contributed by atoms with Crippen molar-refractivity contribution in [3.63, 3.8) is 0 Å². The molecule has 18 heavy (non-hydrogen) atoms. The van der Waals surface area contributed by atoms with Crippen LogP contribution in [0, 0.1) is 11.3 Å². The van der Waals surface area contributed by atoms with Gasteiger partial charge >= 0.3 is 0 Å². The molecule has 1 atom stereocenters. The fraction of sp³-hybridized carbons (Fsp3) is 0.462. The molecular weight excluding hydrogens is 252 g/mol. The largest absolute Gasteiger partial charge is 0.388 e. The maximum absolute atomic E-state index is 10.0. The predicted octanol–water partition coefficient (Wildman–Crippen LogP) is 2.41. The first-order chi connectivity index (χ1) is 8.48. The van der Waals surface area contributed by atoms with Gasteiger partial charge in [-0.3, -0.25) is 0 Å². The van der Waals surface area contributed by atoms with Crippen LogP contribution in [-0.2, 0) is 4.74 Å². The SMILES string of the molecule is COCCC(C)(O)CNc1ccc(C#N)c(Cl)c1. The Morgan fingerprint density at radius 2 is 2.28 bits per heavy atom. The molecule has 5 heteroatoms. The highest BCUT2D eigenvalue weighted by molar-refractivity contribution is 6.32. The van der Waals surface area contributed by atoms with Crippen LogP contribution in [0.25, 0.3) is 0 Å². The first kappa shape index (κ1) is 14.8. The highest BCUT2D eigenvalue weighted by Crippen LogP contribution is 2.21. The van der Waals surface area contributed by atoms with Crippen LogP contribution in [0.3, 0.4) is 0 Å². The maximum atomic E-state index is 10.0. The molecule has 0 aliphatic rings. The Bertz CT molecular complexity index is 441. The van der Waals surface area contributed by atoms with E-state index in [4.69, 9.17) is 21.6 Å². The summed E-state index contributed by atoms with van der Waals surface area (Å²) in [6, 6.07) is 7.08. The monoisotopic (exact) mass is 268 g/mol. The summed E-state index contributed by atoms with van der Waals surface area (Å²) >= 11 is 5.92. The number of nitrogens with zero attached hydrogens (tertiary/aromatic N) is 1. The zero-order valence-corrected chi connectivity index (χ0v) is 11.3. The van der Waals surface area contributed by atoms with Crippen LogP contribution in [0.2, 0.25) is 5.02 Å². The third-order valence-electron chi connectivity index (χ3n) is 2.61. The van der Waals surface area contributed by atoms with Crippen LogP contribution in [0.5, 0.6) is 0 Å². The van der Waals surface area contributed by atoms with Crippen molar-refractivity contribution in [2.24, 2.45) is 0 Å². The lowest BCUT2D eigenvalue weighted by molar-refractivity contribution is 0.0357. The molecule has 0 aromatic heterocycles. The van der Waals surface area contributed by atoms with Crippen molar-refractivity contribution >= 4 is 17.3 Å². The number of rotatable bonds is 6. The fourth-order valence-electron chi connectivity index (χ4n) is 1.42. The lowest BCUT2D eigenvalue weighted by Gasteiger charge is -2.24. The number of methoxy groups -OCH3 is 1. The number of ether oxygens (including phenoxy) is 1. The van der Waals surface area contributed by atoms with E-state index in [1.165, 1.54) is 0 Å². The van der Waals surface area contributed by atoms with Crippen LogP contribution in [0.1, 0.15) is 18.9 Å². The zero-order valence-electron chi connectivity index (χ0n) is 10.5. The molecule has 0 aliphatic heterocycles. The van der Waals surface area contributed by atoms with E-state index in [9.17, 15) is 5.11 Å². The molecular formula is C13H17ClN2O2. The van der Waals surface area contributed by atoms with Crippen LogP contribution >= 0.6 is 11.6 Å². The van der Waals surface area contributed by atoms with Crippen molar-refractivity contribution in [2.45, 2.75) is 18.9 Å². The number of hydrogen-bond acceptors (Lipinski definition) is 4. The fourth-order valence-corrected chi connectivity index (χ4v) is 1.64. The van der Waals surface area contributed by atoms with Crippen molar-refractivity contribution in [3.05, 3.63) is 28.8 Å². The topological polar surface area (TPSA) is 65.3 Å². The molecule has 0 amide bonds. The van der Waals surface area contributed by atoms with E-state index >= 15 is 0 Å². The van der Waals surface area contributed by atoms with Gasteiger partial charge in [0.2, 0.25) is 0 Å². The number of nitrogens with one attached hydrogen (secondary N) is 1. The van der Waals surface area contributed by atoms with Gasteiger partial charge in [0.05, 0.1) is 16.2 Å². The molecule has 0 saturated heterocycles. The normalized spacial score (nSPS) is 13.7. The summed E-state index contributed by atoms with van der Waals surface area (Å²) in [5.74, 6) is 0. The molecule has 0 radical (unpaired) electrons. The second kappa shape index (κ2) is 6.60. The highest BCUT2D eigenvalue weighted by atomic mass is 35.5. The van der Waals surface area contributed by atoms with Gasteiger partial charge in [-0.25, -0.2) is 0 Å². The molecule has 0 fully saturated rings. The van der Waals surface area contributed by atoms with E-state index in [2.05, 4.69) is 5.32 Å². The Hall–Kier alpha value is -1.28. The first-order valence-corrected chi connectivity index (χ1v) is 6.01. The van der Waals surface area contributed by atoms with Gasteiger partial charge < -0.3 is 15.2 Å². The van der Waals surface area contributed by atoms with E-state index in [1.807, 2.05) is 6.07 Å². The molecule has 4 nitrogen and oxygen atoms in total. The van der Waals surface area contributed by atoms with Crippen molar-refractivity contribution < 1.29 is 9.84 Å². The standard InChI is InChI=1S/C13H17ClN2O2/c1-13(17,5-6-18-2)9-16-11-4-3-10(8-15)12(14)7-11/h3-4,7,16-17H,5-6,9H2,1-2H3. The Balaban J connectivity index is 2.58. The van der Waals surface area contributed by atoms with Gasteiger partial charge in [0, 0.05) is 32.4 Å². The number of nitriles is 1. The average molecular weight is 269 g/mol. The molecule has 1 aromatic carbocycles. The number of benzene rings is 1. The van der Waals surface area contributed by atoms with Crippen molar-refractivity contribution in [1.82, 2.24) is 0 Å². The number of aliphatic hydroxyl groups is 1. The molecule has 98 valence electrons. The van der Waals surface area contributed by atoms with E-state index in [0.29, 0.717) is 30.2 Å². The van der Waals surface area contributed by atoms with Crippen molar-refractivity contribution in [1.29, 1.82) is 5.26 Å². The second-order valence-electron chi connectivity index (χ2n) is 4.40. The summed E-state index contributed by atoms with van der Waals surface area (Å²) in [7, 11) is 1.60. The van der Waals surface area contributed by atoms with Gasteiger partial charge in [-0.1, -0.05) is 11.6 Å². The van der Waals surface area contributed by atoms with Crippen LogP contribution in [0.15, 0.2) is 18.2 Å². The third-order valence-corrected chi connectivity index (χ3v) is 2.92. The zero-order chi connectivity index (χ0) is 13.6. The number of halogens is 1. The van der Waals surface area contributed by atoms with E-state index in [0.717, 1.165) is 5.69 Å². The quantitative estimate of drug-likeness (QED) is 0.832. The Labute approximate surface area is 112 Å². The molecule has 0 saturated carbocycles. The molecule has 0 heterocycles. The van der Waals surface area contributed by atoms with Gasteiger partial charge in [0.15, 0.2) is 0 Å². The smallest absolute Gasteiger partial charge is 0.101 e. The van der Waals surface area contributed by atoms with Crippen LogP contribution in [0.4, 0.5) is 5.69 Å². The minimum atomic E-state index is -0.851. The number of anilines is 1. The summed E-state index contributed by atoms with van der Waals surface area (Å²) in [5.41, 5.74) is 0.362. The number of hydrogen-bond donors (Lipinski definition) is 2. The van der Waals surface area contributed by atoms with Gasteiger partial charge in [0.1, 0.15) is 6.07 Å². The first-order valence-electron chi connectivity index (χ1n) is 5.63. The lowest BCUT2D eigenvalue weighted by Crippen LogP contribution is -2.34. The highest BCUT2D eigenvalue weighted by Gasteiger charge is 2.19. The molecule has 1 unspecified atom stereocenters. The van der Waals surface area contributed by atoms with Crippen molar-refractivity contribution in [2.75, 3.05) is 25.6 Å². The van der Waals surface area contributed by atoms with Gasteiger partial charge in [-0.15, -0.1) is 0 Å². The Morgan fingerprint density at radius 3 is 2.83 bits per heavy atom. The Kier molecular flexibility index (Phi) is 5.42. The van der Waals surface area contributed by atoms with E-state index < -0.39 is 5.60 Å². The summed E-state index contributed by atoms with van der Waals surface area (Å²) in [6.07, 6.45) is 0.542. The maximum Gasteiger partial charge on any atom is 0.101 e. The lowest BCUT2D eigenvalue weighted by atomic mass is 10.0. The molecule has 0 spiro atoms.